The van der Waals surface area contributed by atoms with Crippen LogP contribution in [0.25, 0.3) is 0 Å². The lowest BCUT2D eigenvalue weighted by molar-refractivity contribution is 0.213. The molecule has 2 rings (SSSR count). The molecule has 0 saturated heterocycles. The highest BCUT2D eigenvalue weighted by Crippen LogP contribution is 2.28. The number of ether oxygens (including phenoxy) is 3. The maximum atomic E-state index is 5.85. The van der Waals surface area contributed by atoms with Crippen LogP contribution in [0.1, 0.15) is 30.5 Å². The standard InChI is InChI=1S/C25H29NO4/c1-6-7-13-29-24-16-19(2)25(20(3)17-24)30-15-9-8-14-28-23-12-10-11-22(18-23)21(4)26-27-5/h6-7,10-12,16-18H,13-15H2,1-5H3/b7-6+,26-21+. The molecule has 0 aliphatic heterocycles. The van der Waals surface area contributed by atoms with Crippen LogP contribution in [0.4, 0.5) is 0 Å². The predicted molar refractivity (Wildman–Crippen MR) is 121 cm³/mol. The molecule has 0 heterocycles. The minimum atomic E-state index is 0.281. The van der Waals surface area contributed by atoms with Gasteiger partial charge in [-0.3, -0.25) is 0 Å². The van der Waals surface area contributed by atoms with Crippen LogP contribution in [-0.2, 0) is 4.84 Å². The first-order valence-electron chi connectivity index (χ1n) is 9.79. The molecule has 0 aromatic heterocycles. The quantitative estimate of drug-likeness (QED) is 0.251. The third kappa shape index (κ3) is 7.21. The van der Waals surface area contributed by atoms with Crippen molar-refractivity contribution in [2.75, 3.05) is 26.9 Å². The fraction of sp³-hybridized carbons (Fsp3) is 0.320. The molecule has 2 aromatic carbocycles. The number of oxime groups is 1. The van der Waals surface area contributed by atoms with Gasteiger partial charge in [0.2, 0.25) is 0 Å². The van der Waals surface area contributed by atoms with E-state index in [0.717, 1.165) is 39.7 Å². The van der Waals surface area contributed by atoms with Gasteiger partial charge in [0.25, 0.3) is 0 Å². The molecule has 0 aliphatic carbocycles. The first kappa shape index (κ1) is 22.9. The minimum absolute atomic E-state index is 0.281. The lowest BCUT2D eigenvalue weighted by Crippen LogP contribution is -2.01. The van der Waals surface area contributed by atoms with Crippen molar-refractivity contribution in [1.82, 2.24) is 0 Å². The average molecular weight is 408 g/mol. The molecule has 2 aromatic rings. The largest absolute Gasteiger partial charge is 0.490 e. The molecule has 5 nitrogen and oxygen atoms in total. The summed E-state index contributed by atoms with van der Waals surface area (Å²) in [6, 6.07) is 11.6. The van der Waals surface area contributed by atoms with Crippen LogP contribution in [0.5, 0.6) is 17.2 Å². The summed E-state index contributed by atoms with van der Waals surface area (Å²) in [4.78, 5) is 4.81. The Balaban J connectivity index is 1.86. The van der Waals surface area contributed by atoms with Gasteiger partial charge in [0.05, 0.1) is 5.71 Å². The first-order valence-corrected chi connectivity index (χ1v) is 9.79. The van der Waals surface area contributed by atoms with Gasteiger partial charge >= 0.3 is 0 Å². The molecule has 158 valence electrons. The molecule has 30 heavy (non-hydrogen) atoms. The molecule has 0 saturated carbocycles. The molecular weight excluding hydrogens is 378 g/mol. The van der Waals surface area contributed by atoms with E-state index in [2.05, 4.69) is 17.0 Å². The van der Waals surface area contributed by atoms with Gasteiger partial charge in [0.15, 0.2) is 0 Å². The summed E-state index contributed by atoms with van der Waals surface area (Å²) >= 11 is 0. The summed E-state index contributed by atoms with van der Waals surface area (Å²) in [6.45, 7) is 8.99. The van der Waals surface area contributed by atoms with Crippen LogP contribution >= 0.6 is 0 Å². The fourth-order valence-corrected chi connectivity index (χ4v) is 2.79. The Kier molecular flexibility index (Phi) is 9.33. The Morgan fingerprint density at radius 2 is 1.67 bits per heavy atom. The molecule has 5 heteroatoms. The van der Waals surface area contributed by atoms with Crippen LogP contribution in [-0.4, -0.2) is 32.6 Å². The maximum absolute atomic E-state index is 5.85. The highest BCUT2D eigenvalue weighted by molar-refractivity contribution is 5.98. The summed E-state index contributed by atoms with van der Waals surface area (Å²) in [5.74, 6) is 8.37. The second-order valence-electron chi connectivity index (χ2n) is 6.58. The molecule has 0 unspecified atom stereocenters. The van der Waals surface area contributed by atoms with Gasteiger partial charge in [-0.15, -0.1) is 0 Å². The van der Waals surface area contributed by atoms with Crippen molar-refractivity contribution in [2.45, 2.75) is 27.7 Å². The second-order valence-corrected chi connectivity index (χ2v) is 6.58. The van der Waals surface area contributed by atoms with Crippen LogP contribution in [0.15, 0.2) is 53.7 Å². The number of rotatable bonds is 9. The smallest absolute Gasteiger partial charge is 0.149 e. The van der Waals surface area contributed by atoms with Crippen LogP contribution in [0, 0.1) is 25.7 Å². The maximum Gasteiger partial charge on any atom is 0.149 e. The van der Waals surface area contributed by atoms with Crippen molar-refractivity contribution in [3.8, 4) is 29.1 Å². The van der Waals surface area contributed by atoms with Gasteiger partial charge in [0.1, 0.15) is 44.2 Å². The lowest BCUT2D eigenvalue weighted by atomic mass is 10.1. The van der Waals surface area contributed by atoms with Crippen molar-refractivity contribution < 1.29 is 19.0 Å². The predicted octanol–water partition coefficient (Wildman–Crippen LogP) is 5.09. The third-order valence-corrected chi connectivity index (χ3v) is 4.22. The summed E-state index contributed by atoms with van der Waals surface area (Å²) in [5.41, 5.74) is 3.77. The van der Waals surface area contributed by atoms with Crippen LogP contribution in [0.3, 0.4) is 0 Å². The molecule has 0 amide bonds. The zero-order valence-electron chi connectivity index (χ0n) is 18.3. The summed E-state index contributed by atoms with van der Waals surface area (Å²) < 4.78 is 17.2. The van der Waals surface area contributed by atoms with E-state index in [4.69, 9.17) is 19.0 Å². The highest BCUT2D eigenvalue weighted by atomic mass is 16.6. The van der Waals surface area contributed by atoms with Crippen LogP contribution < -0.4 is 14.2 Å². The molecule has 0 radical (unpaired) electrons. The first-order chi connectivity index (χ1) is 14.5. The Morgan fingerprint density at radius 1 is 0.967 bits per heavy atom. The van der Waals surface area contributed by atoms with Crippen molar-refractivity contribution in [3.05, 3.63) is 65.2 Å². The van der Waals surface area contributed by atoms with Crippen molar-refractivity contribution in [2.24, 2.45) is 5.16 Å². The number of hydrogen-bond donors (Lipinski definition) is 0. The van der Waals surface area contributed by atoms with E-state index in [1.807, 2.05) is 76.2 Å². The van der Waals surface area contributed by atoms with Gasteiger partial charge < -0.3 is 19.0 Å². The third-order valence-electron chi connectivity index (χ3n) is 4.22. The van der Waals surface area contributed by atoms with Gasteiger partial charge in [0, 0.05) is 5.56 Å². The molecular formula is C25H29NO4. The second kappa shape index (κ2) is 12.2. The molecule has 0 fully saturated rings. The van der Waals surface area contributed by atoms with Gasteiger partial charge in [-0.25, -0.2) is 0 Å². The minimum Gasteiger partial charge on any atom is -0.490 e. The van der Waals surface area contributed by atoms with Crippen molar-refractivity contribution in [1.29, 1.82) is 0 Å². The summed E-state index contributed by atoms with van der Waals surface area (Å²) in [6.07, 6.45) is 3.93. The van der Waals surface area contributed by atoms with E-state index in [1.54, 1.807) is 0 Å². The Labute approximate surface area is 179 Å². The normalized spacial score (nSPS) is 11.0. The van der Waals surface area contributed by atoms with Crippen molar-refractivity contribution in [3.63, 3.8) is 0 Å². The van der Waals surface area contributed by atoms with E-state index >= 15 is 0 Å². The number of hydrogen-bond acceptors (Lipinski definition) is 5. The van der Waals surface area contributed by atoms with E-state index in [-0.39, 0.29) is 6.61 Å². The van der Waals surface area contributed by atoms with E-state index in [1.165, 1.54) is 7.11 Å². The monoisotopic (exact) mass is 407 g/mol. The zero-order chi connectivity index (χ0) is 21.8. The number of benzene rings is 2. The fourth-order valence-electron chi connectivity index (χ4n) is 2.79. The Bertz CT molecular complexity index is 928. The van der Waals surface area contributed by atoms with Gasteiger partial charge in [-0.1, -0.05) is 41.3 Å². The van der Waals surface area contributed by atoms with E-state index in [0.29, 0.717) is 13.2 Å². The lowest BCUT2D eigenvalue weighted by Gasteiger charge is -2.12. The Morgan fingerprint density at radius 3 is 2.33 bits per heavy atom. The molecule has 0 spiro atoms. The molecule has 0 N–H and O–H groups in total. The highest BCUT2D eigenvalue weighted by Gasteiger charge is 2.06. The van der Waals surface area contributed by atoms with E-state index < -0.39 is 0 Å². The van der Waals surface area contributed by atoms with Crippen molar-refractivity contribution >= 4 is 5.71 Å². The average Bonchev–Trinajstić information content (AvgIpc) is 2.73. The molecule has 0 bridgehead atoms. The van der Waals surface area contributed by atoms with Gasteiger partial charge in [-0.05, 0) is 63.1 Å². The van der Waals surface area contributed by atoms with Crippen LogP contribution in [0.2, 0.25) is 0 Å². The number of allylic oxidation sites excluding steroid dienone is 1. The topological polar surface area (TPSA) is 49.3 Å². The Hall–Kier alpha value is -3.39. The van der Waals surface area contributed by atoms with Gasteiger partial charge in [-0.2, -0.15) is 0 Å². The number of aryl methyl sites for hydroxylation is 2. The summed E-state index contributed by atoms with van der Waals surface area (Å²) in [5, 5.41) is 3.93. The number of nitrogens with zero attached hydrogens (tertiary/aromatic N) is 1. The molecule has 0 atom stereocenters. The summed E-state index contributed by atoms with van der Waals surface area (Å²) in [7, 11) is 1.53. The van der Waals surface area contributed by atoms with E-state index in [9.17, 15) is 0 Å². The molecule has 0 aliphatic rings. The zero-order valence-corrected chi connectivity index (χ0v) is 18.3. The SMILES string of the molecule is C/C=C/COc1cc(C)c(OCC#CCOc2cccc(/C(C)=N/OC)c2)c(C)c1.